The van der Waals surface area contributed by atoms with Gasteiger partial charge in [-0.15, -0.1) is 0 Å². The molecule has 10 nitrogen and oxygen atoms in total. The van der Waals surface area contributed by atoms with Crippen LogP contribution in [0.25, 0.3) is 21.9 Å². The minimum atomic E-state index is -0.591. The number of benzene rings is 1. The van der Waals surface area contributed by atoms with E-state index in [0.29, 0.717) is 54.0 Å². The number of hydrogen-bond acceptors (Lipinski definition) is 9. The summed E-state index contributed by atoms with van der Waals surface area (Å²) in [6, 6.07) is 3.35. The van der Waals surface area contributed by atoms with Gasteiger partial charge in [0.2, 0.25) is 5.88 Å². The molecule has 3 aromatic rings. The van der Waals surface area contributed by atoms with E-state index >= 15 is 4.39 Å². The number of nitrogens with two attached hydrogens (primary N) is 1. The molecule has 2 aromatic heterocycles. The van der Waals surface area contributed by atoms with Crippen molar-refractivity contribution >= 4 is 34.1 Å². The largest absolute Gasteiger partial charge is 0.474 e. The van der Waals surface area contributed by atoms with Crippen molar-refractivity contribution in [2.24, 2.45) is 0 Å². The first-order chi connectivity index (χ1) is 17.3. The van der Waals surface area contributed by atoms with E-state index in [4.69, 9.17) is 15.2 Å². The Bertz CT molecular complexity index is 1310. The molecule has 0 radical (unpaired) electrons. The summed E-state index contributed by atoms with van der Waals surface area (Å²) in [7, 11) is 4.00. The van der Waals surface area contributed by atoms with Crippen LogP contribution in [0.2, 0.25) is 0 Å². The van der Waals surface area contributed by atoms with E-state index in [-0.39, 0.29) is 17.6 Å². The normalized spacial score (nSPS) is 17.1. The molecule has 1 aromatic carbocycles. The summed E-state index contributed by atoms with van der Waals surface area (Å²) < 4.78 is 26.6. The average molecular weight is 496 g/mol. The predicted molar refractivity (Wildman–Crippen MR) is 137 cm³/mol. The number of likely N-dealkylation sites (N-methyl/N-ethyl adjacent to an activating group) is 2. The Labute approximate surface area is 208 Å². The van der Waals surface area contributed by atoms with Gasteiger partial charge in [0.25, 0.3) is 0 Å². The lowest BCUT2D eigenvalue weighted by molar-refractivity contribution is 0.0840. The highest BCUT2D eigenvalue weighted by atomic mass is 19.1. The van der Waals surface area contributed by atoms with Crippen LogP contribution in [-0.4, -0.2) is 85.4 Å². The third kappa shape index (κ3) is 4.71. The highest BCUT2D eigenvalue weighted by molar-refractivity contribution is 5.99. The fourth-order valence-corrected chi connectivity index (χ4v) is 4.69. The van der Waals surface area contributed by atoms with Crippen LogP contribution in [-0.2, 0) is 4.74 Å². The zero-order valence-corrected chi connectivity index (χ0v) is 20.6. The number of nitrogens with one attached hydrogen (secondary N) is 2. The van der Waals surface area contributed by atoms with Crippen molar-refractivity contribution in [3.05, 3.63) is 35.9 Å². The molecule has 0 aliphatic carbocycles. The maximum absolute atomic E-state index is 15.4. The molecule has 2 aliphatic rings. The Morgan fingerprint density at radius 1 is 1.19 bits per heavy atom. The molecule has 36 heavy (non-hydrogen) atoms. The summed E-state index contributed by atoms with van der Waals surface area (Å²) in [6.07, 6.45) is 2.18. The van der Waals surface area contributed by atoms with Gasteiger partial charge in [-0.05, 0) is 44.1 Å². The fourth-order valence-electron chi connectivity index (χ4n) is 4.69. The van der Waals surface area contributed by atoms with Gasteiger partial charge in [0.05, 0.1) is 5.69 Å². The maximum atomic E-state index is 15.4. The van der Waals surface area contributed by atoms with Gasteiger partial charge in [-0.2, -0.15) is 0 Å². The Hall–Kier alpha value is -3.70. The third-order valence-corrected chi connectivity index (χ3v) is 6.63. The lowest BCUT2D eigenvalue weighted by atomic mass is 9.97. The molecule has 11 heteroatoms. The van der Waals surface area contributed by atoms with Crippen molar-refractivity contribution in [3.8, 4) is 17.0 Å². The lowest BCUT2D eigenvalue weighted by Crippen LogP contribution is -2.36. The second-order valence-electron chi connectivity index (χ2n) is 9.37. The number of amides is 1. The average Bonchev–Trinajstić information content (AvgIpc) is 3.01. The van der Waals surface area contributed by atoms with Crippen molar-refractivity contribution in [1.29, 1.82) is 0 Å². The van der Waals surface area contributed by atoms with E-state index in [9.17, 15) is 4.79 Å². The first kappa shape index (κ1) is 24.0. The first-order valence-corrected chi connectivity index (χ1v) is 11.9. The molecule has 4 N–H and O–H groups in total. The van der Waals surface area contributed by atoms with Gasteiger partial charge in [0.15, 0.2) is 5.82 Å². The van der Waals surface area contributed by atoms with E-state index in [2.05, 4.69) is 30.4 Å². The molecule has 0 spiro atoms. The summed E-state index contributed by atoms with van der Waals surface area (Å²) in [5, 5.41) is 7.04. The van der Waals surface area contributed by atoms with Crippen LogP contribution < -0.4 is 21.1 Å². The van der Waals surface area contributed by atoms with Crippen LogP contribution in [0.4, 0.5) is 26.4 Å². The van der Waals surface area contributed by atoms with Crippen LogP contribution in [0.15, 0.2) is 24.5 Å². The number of fused-ring (bicyclic) bond motifs is 2. The van der Waals surface area contributed by atoms with Crippen LogP contribution in [0.3, 0.4) is 0 Å². The van der Waals surface area contributed by atoms with Crippen LogP contribution in [0.5, 0.6) is 5.88 Å². The number of halogens is 1. The number of carbonyl (C=O) groups is 1. The summed E-state index contributed by atoms with van der Waals surface area (Å²) >= 11 is 0. The summed E-state index contributed by atoms with van der Waals surface area (Å²) in [4.78, 5) is 25.5. The van der Waals surface area contributed by atoms with Crippen LogP contribution >= 0.6 is 0 Å². The first-order valence-electron chi connectivity index (χ1n) is 11.9. The second kappa shape index (κ2) is 9.75. The molecule has 0 bridgehead atoms. The van der Waals surface area contributed by atoms with Gasteiger partial charge < -0.3 is 30.3 Å². The zero-order chi connectivity index (χ0) is 25.4. The SMILES string of the molecule is Cc1c(-c2cc3cc(NC(=O)OC4CN(C)CCN(C)C4)ncc3c(N)c2F)cnc2c1NCCO2. The monoisotopic (exact) mass is 495 g/mol. The standard InChI is InChI=1S/C25H30FN7O3/c1-14-18(10-30-24-23(14)28-4-7-35-24)17-8-15-9-20(29-11-19(15)22(27)21(17)26)31-25(34)36-16-12-32(2)5-6-33(3)13-16/h8-11,16,28H,4-7,12-13,27H2,1-3H3,(H,29,31,34). The maximum Gasteiger partial charge on any atom is 0.413 e. The number of pyridine rings is 2. The highest BCUT2D eigenvalue weighted by Gasteiger charge is 2.23. The van der Waals surface area contributed by atoms with E-state index < -0.39 is 11.9 Å². The number of carbonyl (C=O) groups excluding carboxylic acids is 1. The van der Waals surface area contributed by atoms with Gasteiger partial charge in [0.1, 0.15) is 24.2 Å². The molecule has 0 unspecified atom stereocenters. The highest BCUT2D eigenvalue weighted by Crippen LogP contribution is 2.39. The number of nitrogen functional groups attached to an aromatic ring is 1. The van der Waals surface area contributed by atoms with Crippen LogP contribution in [0.1, 0.15) is 5.56 Å². The molecule has 1 amide bonds. The number of aromatic nitrogens is 2. The Kier molecular flexibility index (Phi) is 6.50. The molecule has 1 saturated heterocycles. The van der Waals surface area contributed by atoms with Gasteiger partial charge in [-0.25, -0.2) is 19.2 Å². The van der Waals surface area contributed by atoms with Crippen molar-refractivity contribution in [2.75, 3.05) is 69.8 Å². The molecular weight excluding hydrogens is 465 g/mol. The molecule has 5 rings (SSSR count). The quantitative estimate of drug-likeness (QED) is 0.472. The van der Waals surface area contributed by atoms with Crippen molar-refractivity contribution < 1.29 is 18.7 Å². The summed E-state index contributed by atoms with van der Waals surface area (Å²) in [6.45, 7) is 6.17. The molecule has 190 valence electrons. The van der Waals surface area contributed by atoms with Crippen molar-refractivity contribution in [1.82, 2.24) is 19.8 Å². The van der Waals surface area contributed by atoms with E-state index in [1.54, 1.807) is 18.3 Å². The topological polar surface area (TPSA) is 118 Å². The van der Waals surface area contributed by atoms with Gasteiger partial charge >= 0.3 is 6.09 Å². The molecular formula is C25H30FN7O3. The minimum absolute atomic E-state index is 0.0185. The van der Waals surface area contributed by atoms with Crippen molar-refractivity contribution in [3.63, 3.8) is 0 Å². The molecule has 2 aliphatic heterocycles. The summed E-state index contributed by atoms with van der Waals surface area (Å²) in [5.74, 6) is 0.236. The Balaban J connectivity index is 1.42. The minimum Gasteiger partial charge on any atom is -0.474 e. The fraction of sp³-hybridized carbons (Fsp3) is 0.400. The third-order valence-electron chi connectivity index (χ3n) is 6.63. The van der Waals surface area contributed by atoms with Crippen molar-refractivity contribution in [2.45, 2.75) is 13.0 Å². The molecule has 0 atom stereocenters. The smallest absolute Gasteiger partial charge is 0.413 e. The number of nitrogens with zero attached hydrogens (tertiary/aromatic N) is 4. The van der Waals surface area contributed by atoms with Gasteiger partial charge in [-0.3, -0.25) is 5.32 Å². The number of ether oxygens (including phenoxy) is 2. The van der Waals surface area contributed by atoms with Gasteiger partial charge in [0, 0.05) is 61.6 Å². The van der Waals surface area contributed by atoms with Gasteiger partial charge in [-0.1, -0.05) is 0 Å². The molecule has 4 heterocycles. The lowest BCUT2D eigenvalue weighted by Gasteiger charge is -2.22. The van der Waals surface area contributed by atoms with E-state index in [0.717, 1.165) is 24.3 Å². The number of anilines is 3. The molecule has 1 fully saturated rings. The van der Waals surface area contributed by atoms with Crippen LogP contribution in [0, 0.1) is 12.7 Å². The number of hydrogen-bond donors (Lipinski definition) is 3. The zero-order valence-electron chi connectivity index (χ0n) is 20.6. The Morgan fingerprint density at radius 3 is 2.69 bits per heavy atom. The molecule has 0 saturated carbocycles. The number of rotatable bonds is 3. The predicted octanol–water partition coefficient (Wildman–Crippen LogP) is 2.93. The van der Waals surface area contributed by atoms with E-state index in [1.807, 2.05) is 21.0 Å². The summed E-state index contributed by atoms with van der Waals surface area (Å²) in [5.41, 5.74) is 8.61. The Morgan fingerprint density at radius 2 is 1.94 bits per heavy atom. The van der Waals surface area contributed by atoms with E-state index in [1.165, 1.54) is 6.20 Å². The second-order valence-corrected chi connectivity index (χ2v) is 9.37.